The molecule has 1 atom stereocenters. The maximum atomic E-state index is 12.0. The Morgan fingerprint density at radius 2 is 2.04 bits per heavy atom. The normalized spacial score (nSPS) is 20.0. The summed E-state index contributed by atoms with van der Waals surface area (Å²) in [7, 11) is 1.99. The number of nitrogens with zero attached hydrogens (tertiary/aromatic N) is 2. The summed E-state index contributed by atoms with van der Waals surface area (Å²) in [6.07, 6.45) is 3.93. The first kappa shape index (κ1) is 16.0. The first-order valence-corrected chi connectivity index (χ1v) is 8.17. The molecule has 1 aliphatic carbocycles. The molecule has 23 heavy (non-hydrogen) atoms. The van der Waals surface area contributed by atoms with Crippen molar-refractivity contribution >= 4 is 11.8 Å². The van der Waals surface area contributed by atoms with Gasteiger partial charge in [0.25, 0.3) is 0 Å². The van der Waals surface area contributed by atoms with Gasteiger partial charge in [0.1, 0.15) is 0 Å². The van der Waals surface area contributed by atoms with Crippen molar-refractivity contribution in [2.75, 3.05) is 32.8 Å². The zero-order valence-corrected chi connectivity index (χ0v) is 13.5. The number of rotatable bonds is 5. The number of amides is 2. The van der Waals surface area contributed by atoms with E-state index in [1.54, 1.807) is 0 Å². The van der Waals surface area contributed by atoms with Crippen molar-refractivity contribution in [3.63, 3.8) is 0 Å². The average molecular weight is 320 g/mol. The summed E-state index contributed by atoms with van der Waals surface area (Å²) in [4.78, 5) is 26.0. The van der Waals surface area contributed by atoms with E-state index in [-0.39, 0.29) is 12.1 Å². The van der Waals surface area contributed by atoms with Crippen LogP contribution in [0.3, 0.4) is 0 Å². The SMILES string of the molecule is Cn1cccc1[C@@H](CNC(=O)C(=O)NC1CC1)N1CCOCC1. The molecule has 1 aromatic heterocycles. The number of aromatic nitrogens is 1. The number of carbonyl (C=O) groups excluding carboxylic acids is 2. The quantitative estimate of drug-likeness (QED) is 0.737. The van der Waals surface area contributed by atoms with Gasteiger partial charge in [0, 0.05) is 44.6 Å². The first-order chi connectivity index (χ1) is 11.1. The number of carbonyl (C=O) groups is 2. The zero-order valence-electron chi connectivity index (χ0n) is 13.5. The molecule has 0 spiro atoms. The van der Waals surface area contributed by atoms with Crippen LogP contribution in [-0.4, -0.2) is 60.2 Å². The van der Waals surface area contributed by atoms with Gasteiger partial charge in [0.15, 0.2) is 0 Å². The van der Waals surface area contributed by atoms with E-state index in [0.29, 0.717) is 19.8 Å². The molecule has 126 valence electrons. The van der Waals surface area contributed by atoms with E-state index in [4.69, 9.17) is 4.74 Å². The van der Waals surface area contributed by atoms with Gasteiger partial charge in [0.05, 0.1) is 19.3 Å². The van der Waals surface area contributed by atoms with Gasteiger partial charge < -0.3 is 19.9 Å². The van der Waals surface area contributed by atoms with E-state index in [9.17, 15) is 9.59 Å². The van der Waals surface area contributed by atoms with Crippen LogP contribution in [0.25, 0.3) is 0 Å². The highest BCUT2D eigenvalue weighted by Gasteiger charge is 2.28. The van der Waals surface area contributed by atoms with Gasteiger partial charge in [0.2, 0.25) is 0 Å². The third kappa shape index (κ3) is 4.11. The molecular weight excluding hydrogens is 296 g/mol. The molecule has 0 aromatic carbocycles. The molecule has 0 bridgehead atoms. The third-order valence-electron chi connectivity index (χ3n) is 4.39. The molecule has 7 heteroatoms. The molecule has 2 heterocycles. The summed E-state index contributed by atoms with van der Waals surface area (Å²) in [6.45, 7) is 3.43. The Hall–Kier alpha value is -1.86. The predicted molar refractivity (Wildman–Crippen MR) is 84.7 cm³/mol. The van der Waals surface area contributed by atoms with Gasteiger partial charge in [-0.25, -0.2) is 0 Å². The predicted octanol–water partition coefficient (Wildman–Crippen LogP) is -0.207. The maximum absolute atomic E-state index is 12.0. The Morgan fingerprint density at radius 1 is 1.30 bits per heavy atom. The molecule has 1 saturated heterocycles. The highest BCUT2D eigenvalue weighted by atomic mass is 16.5. The van der Waals surface area contributed by atoms with E-state index in [2.05, 4.69) is 26.2 Å². The van der Waals surface area contributed by atoms with Crippen LogP contribution in [0.5, 0.6) is 0 Å². The number of hydrogen-bond donors (Lipinski definition) is 2. The minimum atomic E-state index is -0.552. The molecule has 1 aromatic rings. The first-order valence-electron chi connectivity index (χ1n) is 8.17. The van der Waals surface area contributed by atoms with Crippen LogP contribution in [0.15, 0.2) is 18.3 Å². The Bertz CT molecular complexity index is 561. The van der Waals surface area contributed by atoms with E-state index in [1.165, 1.54) is 0 Å². The lowest BCUT2D eigenvalue weighted by atomic mass is 10.1. The molecule has 1 saturated carbocycles. The Morgan fingerprint density at radius 3 is 2.65 bits per heavy atom. The standard InChI is InChI=1S/C16H24N4O3/c1-19-6-2-3-13(19)14(20-7-9-23-10-8-20)11-17-15(21)16(22)18-12-4-5-12/h2-3,6,12,14H,4-5,7-11H2,1H3,(H,17,21)(H,18,22)/t14-/m1/s1. The molecule has 7 nitrogen and oxygen atoms in total. The van der Waals surface area contributed by atoms with Gasteiger partial charge in [-0.3, -0.25) is 14.5 Å². The van der Waals surface area contributed by atoms with Gasteiger partial charge in [-0.15, -0.1) is 0 Å². The van der Waals surface area contributed by atoms with E-state index in [0.717, 1.165) is 31.6 Å². The molecule has 2 aliphatic rings. The van der Waals surface area contributed by atoms with Crippen LogP contribution in [0.2, 0.25) is 0 Å². The molecular formula is C16H24N4O3. The number of aryl methyl sites for hydroxylation is 1. The van der Waals surface area contributed by atoms with Crippen molar-refractivity contribution in [1.29, 1.82) is 0 Å². The van der Waals surface area contributed by atoms with Gasteiger partial charge in [-0.1, -0.05) is 0 Å². The molecule has 0 radical (unpaired) electrons. The number of hydrogen-bond acceptors (Lipinski definition) is 4. The van der Waals surface area contributed by atoms with Crippen LogP contribution in [0.1, 0.15) is 24.6 Å². The van der Waals surface area contributed by atoms with Gasteiger partial charge >= 0.3 is 11.8 Å². The largest absolute Gasteiger partial charge is 0.379 e. The summed E-state index contributed by atoms with van der Waals surface area (Å²) in [5, 5.41) is 5.49. The summed E-state index contributed by atoms with van der Waals surface area (Å²) < 4.78 is 7.46. The van der Waals surface area contributed by atoms with E-state index < -0.39 is 11.8 Å². The minimum Gasteiger partial charge on any atom is -0.379 e. The Kier molecular flexibility index (Phi) is 4.97. The van der Waals surface area contributed by atoms with Crippen molar-refractivity contribution < 1.29 is 14.3 Å². The molecule has 3 rings (SSSR count). The Labute approximate surface area is 136 Å². The minimum absolute atomic E-state index is 0.0385. The molecule has 2 amide bonds. The Balaban J connectivity index is 1.62. The van der Waals surface area contributed by atoms with Gasteiger partial charge in [-0.05, 0) is 25.0 Å². The lowest BCUT2D eigenvalue weighted by Crippen LogP contribution is -2.47. The van der Waals surface area contributed by atoms with E-state index >= 15 is 0 Å². The molecule has 1 aliphatic heterocycles. The summed E-state index contributed by atoms with van der Waals surface area (Å²) >= 11 is 0. The van der Waals surface area contributed by atoms with Crippen LogP contribution in [-0.2, 0) is 21.4 Å². The fraction of sp³-hybridized carbons (Fsp3) is 0.625. The lowest BCUT2D eigenvalue weighted by molar-refractivity contribution is -0.139. The third-order valence-corrected chi connectivity index (χ3v) is 4.39. The second kappa shape index (κ2) is 7.14. The summed E-state index contributed by atoms with van der Waals surface area (Å²) in [6, 6.07) is 4.27. The highest BCUT2D eigenvalue weighted by Crippen LogP contribution is 2.21. The fourth-order valence-corrected chi connectivity index (χ4v) is 2.88. The number of ether oxygens (including phenoxy) is 1. The smallest absolute Gasteiger partial charge is 0.309 e. The lowest BCUT2D eigenvalue weighted by Gasteiger charge is -2.34. The van der Waals surface area contributed by atoms with Crippen LogP contribution in [0.4, 0.5) is 0 Å². The molecule has 2 N–H and O–H groups in total. The number of nitrogens with one attached hydrogen (secondary N) is 2. The fourth-order valence-electron chi connectivity index (χ4n) is 2.88. The second-order valence-corrected chi connectivity index (χ2v) is 6.17. The van der Waals surface area contributed by atoms with Crippen molar-refractivity contribution in [2.24, 2.45) is 7.05 Å². The maximum Gasteiger partial charge on any atom is 0.309 e. The molecule has 0 unspecified atom stereocenters. The highest BCUT2D eigenvalue weighted by molar-refractivity contribution is 6.35. The summed E-state index contributed by atoms with van der Waals surface area (Å²) in [5.74, 6) is -1.08. The monoisotopic (exact) mass is 320 g/mol. The second-order valence-electron chi connectivity index (χ2n) is 6.17. The van der Waals surface area contributed by atoms with Crippen molar-refractivity contribution in [3.05, 3.63) is 24.0 Å². The number of morpholine rings is 1. The van der Waals surface area contributed by atoms with Crippen molar-refractivity contribution in [2.45, 2.75) is 24.9 Å². The van der Waals surface area contributed by atoms with Crippen LogP contribution >= 0.6 is 0 Å². The topological polar surface area (TPSA) is 75.6 Å². The summed E-state index contributed by atoms with van der Waals surface area (Å²) in [5.41, 5.74) is 1.12. The van der Waals surface area contributed by atoms with Crippen LogP contribution < -0.4 is 10.6 Å². The van der Waals surface area contributed by atoms with E-state index in [1.807, 2.05) is 19.3 Å². The van der Waals surface area contributed by atoms with Crippen LogP contribution in [0, 0.1) is 0 Å². The van der Waals surface area contributed by atoms with Crippen molar-refractivity contribution in [3.8, 4) is 0 Å². The average Bonchev–Trinajstić information content (AvgIpc) is 3.28. The zero-order chi connectivity index (χ0) is 16.2. The van der Waals surface area contributed by atoms with Gasteiger partial charge in [-0.2, -0.15) is 0 Å². The van der Waals surface area contributed by atoms with Crippen molar-refractivity contribution in [1.82, 2.24) is 20.1 Å². The molecule has 2 fully saturated rings.